The molecule has 0 aromatic heterocycles. The summed E-state index contributed by atoms with van der Waals surface area (Å²) in [5.41, 5.74) is 2.96. The van der Waals surface area contributed by atoms with Crippen molar-refractivity contribution in [1.29, 1.82) is 0 Å². The van der Waals surface area contributed by atoms with Crippen LogP contribution in [0.5, 0.6) is 5.75 Å². The molecule has 0 bridgehead atoms. The zero-order valence-electron chi connectivity index (χ0n) is 13.0. The molecule has 0 aliphatic rings. The van der Waals surface area contributed by atoms with Crippen molar-refractivity contribution in [2.45, 2.75) is 19.9 Å². The quantitative estimate of drug-likeness (QED) is 0.850. The van der Waals surface area contributed by atoms with Crippen molar-refractivity contribution in [1.82, 2.24) is 0 Å². The van der Waals surface area contributed by atoms with E-state index in [1.54, 1.807) is 14.0 Å². The lowest BCUT2D eigenvalue weighted by Crippen LogP contribution is -2.25. The van der Waals surface area contributed by atoms with Crippen molar-refractivity contribution in [2.75, 3.05) is 12.4 Å². The number of carboxylic acids is 1. The van der Waals surface area contributed by atoms with Gasteiger partial charge in [-0.05, 0) is 43.7 Å². The summed E-state index contributed by atoms with van der Waals surface area (Å²) in [6.45, 7) is 3.72. The first kappa shape index (κ1) is 15.9. The summed E-state index contributed by atoms with van der Waals surface area (Å²) in [4.78, 5) is 11.4. The van der Waals surface area contributed by atoms with Crippen LogP contribution in [0.3, 0.4) is 0 Å². The highest BCUT2D eigenvalue weighted by Crippen LogP contribution is 2.28. The number of hydrogen-bond acceptors (Lipinski definition) is 3. The van der Waals surface area contributed by atoms with E-state index in [9.17, 15) is 9.90 Å². The maximum absolute atomic E-state index is 11.4. The fourth-order valence-corrected chi connectivity index (χ4v) is 2.28. The highest BCUT2D eigenvalue weighted by Gasteiger charge is 2.25. The van der Waals surface area contributed by atoms with Crippen molar-refractivity contribution in [3.63, 3.8) is 0 Å². The second-order valence-corrected chi connectivity index (χ2v) is 5.39. The first-order valence-corrected chi connectivity index (χ1v) is 7.21. The van der Waals surface area contributed by atoms with Gasteiger partial charge < -0.3 is 15.2 Å². The number of carboxylic acid groups (broad SMARTS) is 1. The molecule has 0 fully saturated rings. The topological polar surface area (TPSA) is 58.6 Å². The fraction of sp³-hybridized carbons (Fsp3) is 0.278. The van der Waals surface area contributed by atoms with Gasteiger partial charge in [-0.1, -0.05) is 29.8 Å². The molecule has 4 heteroatoms. The van der Waals surface area contributed by atoms with E-state index in [4.69, 9.17) is 4.74 Å². The first-order chi connectivity index (χ1) is 10.5. The molecule has 0 unspecified atom stereocenters. The Morgan fingerprint density at radius 2 is 1.68 bits per heavy atom. The van der Waals surface area contributed by atoms with E-state index in [0.717, 1.165) is 22.6 Å². The summed E-state index contributed by atoms with van der Waals surface area (Å²) in [6.07, 6.45) is 0. The lowest BCUT2D eigenvalue weighted by molar-refractivity contribution is -0.141. The summed E-state index contributed by atoms with van der Waals surface area (Å²) >= 11 is 0. The Kier molecular flexibility index (Phi) is 5.04. The van der Waals surface area contributed by atoms with E-state index < -0.39 is 11.9 Å². The molecule has 0 radical (unpaired) electrons. The monoisotopic (exact) mass is 299 g/mol. The summed E-state index contributed by atoms with van der Waals surface area (Å²) in [6, 6.07) is 15.1. The highest BCUT2D eigenvalue weighted by atomic mass is 16.5. The molecule has 2 N–H and O–H groups in total. The number of benzene rings is 2. The van der Waals surface area contributed by atoms with Crippen molar-refractivity contribution in [3.8, 4) is 5.75 Å². The van der Waals surface area contributed by atoms with E-state index in [2.05, 4.69) is 5.32 Å². The maximum Gasteiger partial charge on any atom is 0.308 e. The van der Waals surface area contributed by atoms with Crippen molar-refractivity contribution in [2.24, 2.45) is 5.92 Å². The average molecular weight is 299 g/mol. The predicted molar refractivity (Wildman–Crippen MR) is 87.3 cm³/mol. The molecule has 2 aromatic carbocycles. The van der Waals surface area contributed by atoms with Crippen molar-refractivity contribution < 1.29 is 14.6 Å². The molecule has 0 aliphatic carbocycles. The normalized spacial score (nSPS) is 13.2. The molecule has 116 valence electrons. The SMILES string of the molecule is COc1ccc(N[C@@H](c2ccc(C)cc2)[C@@H](C)C(=O)O)cc1. The third kappa shape index (κ3) is 3.79. The van der Waals surface area contributed by atoms with Crippen LogP contribution in [-0.4, -0.2) is 18.2 Å². The number of nitrogens with one attached hydrogen (secondary N) is 1. The van der Waals surface area contributed by atoms with Crippen LogP contribution in [0.25, 0.3) is 0 Å². The summed E-state index contributed by atoms with van der Waals surface area (Å²) < 4.78 is 5.14. The Balaban J connectivity index is 2.27. The van der Waals surface area contributed by atoms with E-state index >= 15 is 0 Å². The Labute approximate surface area is 130 Å². The molecule has 0 saturated carbocycles. The molecule has 0 amide bonds. The van der Waals surface area contributed by atoms with Gasteiger partial charge in [-0.3, -0.25) is 4.79 Å². The Bertz CT molecular complexity index is 620. The first-order valence-electron chi connectivity index (χ1n) is 7.21. The minimum absolute atomic E-state index is 0.300. The molecule has 0 spiro atoms. The molecule has 2 rings (SSSR count). The smallest absolute Gasteiger partial charge is 0.308 e. The molecule has 2 atom stereocenters. The third-order valence-corrected chi connectivity index (χ3v) is 3.74. The zero-order valence-corrected chi connectivity index (χ0v) is 13.0. The number of aryl methyl sites for hydroxylation is 1. The number of rotatable bonds is 6. The van der Waals surface area contributed by atoms with Gasteiger partial charge in [0, 0.05) is 5.69 Å². The van der Waals surface area contributed by atoms with Crippen LogP contribution in [0.1, 0.15) is 24.1 Å². The Morgan fingerprint density at radius 3 is 2.18 bits per heavy atom. The lowest BCUT2D eigenvalue weighted by Gasteiger charge is -2.24. The number of ether oxygens (including phenoxy) is 1. The molecule has 0 saturated heterocycles. The van der Waals surface area contributed by atoms with Gasteiger partial charge >= 0.3 is 5.97 Å². The number of aliphatic carboxylic acids is 1. The number of anilines is 1. The van der Waals surface area contributed by atoms with Gasteiger partial charge in [-0.15, -0.1) is 0 Å². The van der Waals surface area contributed by atoms with Gasteiger partial charge in [0.25, 0.3) is 0 Å². The van der Waals surface area contributed by atoms with Crippen LogP contribution < -0.4 is 10.1 Å². The second-order valence-electron chi connectivity index (χ2n) is 5.39. The Hall–Kier alpha value is -2.49. The maximum atomic E-state index is 11.4. The lowest BCUT2D eigenvalue weighted by atomic mass is 9.93. The van der Waals surface area contributed by atoms with E-state index in [-0.39, 0.29) is 6.04 Å². The van der Waals surface area contributed by atoms with Gasteiger partial charge in [0.05, 0.1) is 19.1 Å². The molecule has 2 aromatic rings. The van der Waals surface area contributed by atoms with Crippen LogP contribution >= 0.6 is 0 Å². The second kappa shape index (κ2) is 6.98. The molecule has 22 heavy (non-hydrogen) atoms. The molecular weight excluding hydrogens is 278 g/mol. The zero-order chi connectivity index (χ0) is 16.1. The van der Waals surface area contributed by atoms with Crippen LogP contribution in [-0.2, 0) is 4.79 Å². The van der Waals surface area contributed by atoms with E-state index in [0.29, 0.717) is 0 Å². The van der Waals surface area contributed by atoms with E-state index in [1.165, 1.54) is 0 Å². The largest absolute Gasteiger partial charge is 0.497 e. The van der Waals surface area contributed by atoms with Gasteiger partial charge in [0.15, 0.2) is 0 Å². The number of methoxy groups -OCH3 is 1. The van der Waals surface area contributed by atoms with E-state index in [1.807, 2.05) is 55.5 Å². The van der Waals surface area contributed by atoms with Crippen molar-refractivity contribution >= 4 is 11.7 Å². The standard InChI is InChI=1S/C18H21NO3/c1-12-4-6-14(7-5-12)17(13(2)18(20)21)19-15-8-10-16(22-3)11-9-15/h4-11,13,17,19H,1-3H3,(H,20,21)/t13-,17-/m1/s1. The van der Waals surface area contributed by atoms with Gasteiger partial charge in [-0.2, -0.15) is 0 Å². The molecular formula is C18H21NO3. The van der Waals surface area contributed by atoms with Crippen molar-refractivity contribution in [3.05, 3.63) is 59.7 Å². The van der Waals surface area contributed by atoms with Crippen LogP contribution in [0.15, 0.2) is 48.5 Å². The Morgan fingerprint density at radius 1 is 1.09 bits per heavy atom. The molecule has 0 aliphatic heterocycles. The van der Waals surface area contributed by atoms with Crippen LogP contribution in [0, 0.1) is 12.8 Å². The predicted octanol–water partition coefficient (Wildman–Crippen LogP) is 3.88. The third-order valence-electron chi connectivity index (χ3n) is 3.74. The minimum Gasteiger partial charge on any atom is -0.497 e. The van der Waals surface area contributed by atoms with Gasteiger partial charge in [0.2, 0.25) is 0 Å². The highest BCUT2D eigenvalue weighted by molar-refractivity contribution is 5.71. The summed E-state index contributed by atoms with van der Waals surface area (Å²) in [7, 11) is 1.62. The van der Waals surface area contributed by atoms with Gasteiger partial charge in [0.1, 0.15) is 5.75 Å². The van der Waals surface area contributed by atoms with Crippen LogP contribution in [0.2, 0.25) is 0 Å². The fourth-order valence-electron chi connectivity index (χ4n) is 2.28. The summed E-state index contributed by atoms with van der Waals surface area (Å²) in [5.74, 6) is -0.611. The minimum atomic E-state index is -0.827. The molecule has 4 nitrogen and oxygen atoms in total. The molecule has 0 heterocycles. The summed E-state index contributed by atoms with van der Waals surface area (Å²) in [5, 5.41) is 12.7. The number of hydrogen-bond donors (Lipinski definition) is 2. The average Bonchev–Trinajstić information content (AvgIpc) is 2.53. The van der Waals surface area contributed by atoms with Gasteiger partial charge in [-0.25, -0.2) is 0 Å². The number of carbonyl (C=O) groups is 1. The van der Waals surface area contributed by atoms with Crippen LogP contribution in [0.4, 0.5) is 5.69 Å².